The molecule has 1 fully saturated rings. The number of hydrogen-bond acceptors (Lipinski definition) is 4. The Morgan fingerprint density at radius 3 is 2.78 bits per heavy atom. The molecule has 4 nitrogen and oxygen atoms in total. The lowest BCUT2D eigenvalue weighted by atomic mass is 10.1. The fourth-order valence-electron chi connectivity index (χ4n) is 3.17. The Morgan fingerprint density at radius 1 is 1.06 bits per heavy atom. The van der Waals surface area contributed by atoms with Crippen LogP contribution >= 0.6 is 0 Å². The number of anilines is 1. The summed E-state index contributed by atoms with van der Waals surface area (Å²) >= 11 is 0. The minimum Gasteiger partial charge on any atom is -0.365 e. The van der Waals surface area contributed by atoms with Gasteiger partial charge in [0.25, 0.3) is 0 Å². The van der Waals surface area contributed by atoms with Gasteiger partial charge in [0.05, 0.1) is 0 Å². The van der Waals surface area contributed by atoms with Crippen molar-refractivity contribution in [2.75, 3.05) is 5.32 Å². The van der Waals surface area contributed by atoms with E-state index in [2.05, 4.69) is 15.3 Å². The molecule has 4 heteroatoms. The van der Waals surface area contributed by atoms with E-state index in [0.29, 0.717) is 6.04 Å². The Labute approximate surface area is 108 Å². The quantitative estimate of drug-likeness (QED) is 0.784. The van der Waals surface area contributed by atoms with Crippen molar-refractivity contribution in [3.8, 4) is 0 Å². The van der Waals surface area contributed by atoms with Crippen LogP contribution in [0.25, 0.3) is 0 Å². The lowest BCUT2D eigenvalue weighted by Crippen LogP contribution is -2.35. The summed E-state index contributed by atoms with van der Waals surface area (Å²) in [6.07, 6.45) is 11.3. The van der Waals surface area contributed by atoms with Crippen molar-refractivity contribution < 1.29 is 0 Å². The number of aromatic nitrogens is 2. The van der Waals surface area contributed by atoms with Gasteiger partial charge in [0.15, 0.2) is 0 Å². The SMILES string of the molecule is NC1CCCC1Nc1ncnc2c1CCCCC2. The Bertz CT molecular complexity index is 418. The van der Waals surface area contributed by atoms with Gasteiger partial charge >= 0.3 is 0 Å². The highest BCUT2D eigenvalue weighted by Gasteiger charge is 2.25. The van der Waals surface area contributed by atoms with E-state index in [1.54, 1.807) is 6.33 Å². The fraction of sp³-hybridized carbons (Fsp3) is 0.714. The second-order valence-electron chi connectivity index (χ2n) is 5.55. The lowest BCUT2D eigenvalue weighted by Gasteiger charge is -2.20. The fourth-order valence-corrected chi connectivity index (χ4v) is 3.17. The molecule has 2 atom stereocenters. The molecule has 1 aromatic rings. The zero-order valence-corrected chi connectivity index (χ0v) is 10.9. The summed E-state index contributed by atoms with van der Waals surface area (Å²) in [5.74, 6) is 1.05. The molecule has 3 N–H and O–H groups in total. The summed E-state index contributed by atoms with van der Waals surface area (Å²) in [5, 5.41) is 3.57. The number of nitrogens with one attached hydrogen (secondary N) is 1. The second kappa shape index (κ2) is 5.22. The number of fused-ring (bicyclic) bond motifs is 1. The van der Waals surface area contributed by atoms with Crippen molar-refractivity contribution in [1.82, 2.24) is 9.97 Å². The molecule has 0 radical (unpaired) electrons. The smallest absolute Gasteiger partial charge is 0.133 e. The third-order valence-electron chi connectivity index (χ3n) is 4.27. The van der Waals surface area contributed by atoms with Gasteiger partial charge < -0.3 is 11.1 Å². The van der Waals surface area contributed by atoms with E-state index in [1.165, 1.54) is 43.4 Å². The molecule has 0 aromatic carbocycles. The number of nitrogens with zero attached hydrogens (tertiary/aromatic N) is 2. The van der Waals surface area contributed by atoms with E-state index in [1.807, 2.05) is 0 Å². The van der Waals surface area contributed by atoms with Gasteiger partial charge in [0, 0.05) is 23.3 Å². The molecule has 2 aliphatic carbocycles. The maximum Gasteiger partial charge on any atom is 0.133 e. The van der Waals surface area contributed by atoms with Crippen molar-refractivity contribution in [3.05, 3.63) is 17.6 Å². The molecule has 1 aromatic heterocycles. The van der Waals surface area contributed by atoms with Gasteiger partial charge in [-0.1, -0.05) is 6.42 Å². The molecular weight excluding hydrogens is 224 g/mol. The normalized spacial score (nSPS) is 27.6. The molecule has 0 bridgehead atoms. The monoisotopic (exact) mass is 246 g/mol. The maximum atomic E-state index is 6.13. The number of nitrogens with two attached hydrogens (primary N) is 1. The zero-order chi connectivity index (χ0) is 12.4. The van der Waals surface area contributed by atoms with Gasteiger partial charge in [-0.05, 0) is 44.9 Å². The Balaban J connectivity index is 1.83. The predicted molar refractivity (Wildman–Crippen MR) is 72.5 cm³/mol. The standard InChI is InChI=1S/C14H22N4/c15-11-6-4-8-13(11)18-14-10-5-2-1-3-7-12(10)16-9-17-14/h9,11,13H,1-8,15H2,(H,16,17,18). The van der Waals surface area contributed by atoms with Gasteiger partial charge in [-0.15, -0.1) is 0 Å². The third kappa shape index (κ3) is 2.34. The molecular formula is C14H22N4. The van der Waals surface area contributed by atoms with Crippen LogP contribution in [0.2, 0.25) is 0 Å². The summed E-state index contributed by atoms with van der Waals surface area (Å²) in [4.78, 5) is 8.90. The average Bonchev–Trinajstić information content (AvgIpc) is 2.66. The Hall–Kier alpha value is -1.16. The van der Waals surface area contributed by atoms with Crippen LogP contribution in [0, 0.1) is 0 Å². The zero-order valence-electron chi connectivity index (χ0n) is 10.9. The first-order valence-electron chi connectivity index (χ1n) is 7.19. The van der Waals surface area contributed by atoms with Crippen molar-refractivity contribution >= 4 is 5.82 Å². The summed E-state index contributed by atoms with van der Waals surface area (Å²) < 4.78 is 0. The van der Waals surface area contributed by atoms with Gasteiger partial charge in [-0.25, -0.2) is 9.97 Å². The average molecular weight is 246 g/mol. The molecule has 0 spiro atoms. The molecule has 0 aliphatic heterocycles. The predicted octanol–water partition coefficient (Wildman–Crippen LogP) is 2.04. The first-order chi connectivity index (χ1) is 8.84. The molecule has 1 saturated carbocycles. The first-order valence-corrected chi connectivity index (χ1v) is 7.19. The van der Waals surface area contributed by atoms with Crippen molar-refractivity contribution in [2.24, 2.45) is 5.73 Å². The van der Waals surface area contributed by atoms with E-state index in [9.17, 15) is 0 Å². The largest absolute Gasteiger partial charge is 0.365 e. The van der Waals surface area contributed by atoms with Crippen LogP contribution in [0.4, 0.5) is 5.82 Å². The van der Waals surface area contributed by atoms with Crippen LogP contribution in [0.3, 0.4) is 0 Å². The molecule has 0 amide bonds. The number of hydrogen-bond donors (Lipinski definition) is 2. The number of rotatable bonds is 2. The van der Waals surface area contributed by atoms with E-state index in [0.717, 1.165) is 25.1 Å². The van der Waals surface area contributed by atoms with Crippen molar-refractivity contribution in [3.63, 3.8) is 0 Å². The summed E-state index contributed by atoms with van der Waals surface area (Å²) in [6.45, 7) is 0. The van der Waals surface area contributed by atoms with Crippen LogP contribution in [-0.4, -0.2) is 22.1 Å². The van der Waals surface area contributed by atoms with Crippen LogP contribution in [0.5, 0.6) is 0 Å². The van der Waals surface area contributed by atoms with E-state index >= 15 is 0 Å². The molecule has 18 heavy (non-hydrogen) atoms. The van der Waals surface area contributed by atoms with Gasteiger partial charge in [0.2, 0.25) is 0 Å². The number of aryl methyl sites for hydroxylation is 1. The molecule has 2 unspecified atom stereocenters. The summed E-state index contributed by atoms with van der Waals surface area (Å²) in [7, 11) is 0. The molecule has 0 saturated heterocycles. The Kier molecular flexibility index (Phi) is 3.46. The highest BCUT2D eigenvalue weighted by Crippen LogP contribution is 2.27. The highest BCUT2D eigenvalue weighted by molar-refractivity contribution is 5.47. The molecule has 1 heterocycles. The van der Waals surface area contributed by atoms with Crippen LogP contribution < -0.4 is 11.1 Å². The van der Waals surface area contributed by atoms with Gasteiger partial charge in [-0.2, -0.15) is 0 Å². The van der Waals surface area contributed by atoms with Crippen molar-refractivity contribution in [1.29, 1.82) is 0 Å². The van der Waals surface area contributed by atoms with E-state index in [4.69, 9.17) is 5.73 Å². The topological polar surface area (TPSA) is 63.8 Å². The van der Waals surface area contributed by atoms with Gasteiger partial charge in [-0.3, -0.25) is 0 Å². The minimum absolute atomic E-state index is 0.279. The van der Waals surface area contributed by atoms with Crippen molar-refractivity contribution in [2.45, 2.75) is 63.5 Å². The Morgan fingerprint density at radius 2 is 1.94 bits per heavy atom. The maximum absolute atomic E-state index is 6.13. The second-order valence-corrected chi connectivity index (χ2v) is 5.55. The van der Waals surface area contributed by atoms with Crippen LogP contribution in [-0.2, 0) is 12.8 Å². The van der Waals surface area contributed by atoms with E-state index in [-0.39, 0.29) is 6.04 Å². The molecule has 98 valence electrons. The minimum atomic E-state index is 0.279. The van der Waals surface area contributed by atoms with Crippen LogP contribution in [0.15, 0.2) is 6.33 Å². The summed E-state index contributed by atoms with van der Waals surface area (Å²) in [6, 6.07) is 0.675. The van der Waals surface area contributed by atoms with Crippen LogP contribution in [0.1, 0.15) is 49.8 Å². The lowest BCUT2D eigenvalue weighted by molar-refractivity contribution is 0.633. The highest BCUT2D eigenvalue weighted by atomic mass is 15.1. The molecule has 3 rings (SSSR count). The third-order valence-corrected chi connectivity index (χ3v) is 4.27. The summed E-state index contributed by atoms with van der Waals surface area (Å²) in [5.41, 5.74) is 8.72. The van der Waals surface area contributed by atoms with E-state index < -0.39 is 0 Å². The molecule has 2 aliphatic rings. The first kappa shape index (κ1) is 11.9. The van der Waals surface area contributed by atoms with Gasteiger partial charge in [0.1, 0.15) is 12.1 Å².